The van der Waals surface area contributed by atoms with Gasteiger partial charge in [-0.1, -0.05) is 12.1 Å². The van der Waals surface area contributed by atoms with Crippen LogP contribution in [0.4, 0.5) is 0 Å². The summed E-state index contributed by atoms with van der Waals surface area (Å²) in [7, 11) is 0. The fourth-order valence-corrected chi connectivity index (χ4v) is 2.56. The molecule has 1 aliphatic rings. The summed E-state index contributed by atoms with van der Waals surface area (Å²) in [6.07, 6.45) is 1.74. The van der Waals surface area contributed by atoms with E-state index in [2.05, 4.69) is 15.9 Å². The molecule has 104 valence electrons. The number of piperidine rings is 1. The zero-order valence-electron chi connectivity index (χ0n) is 10.7. The summed E-state index contributed by atoms with van der Waals surface area (Å²) in [4.78, 5) is 13.8. The number of nitrogens with zero attached hydrogens (tertiary/aromatic N) is 1. The SMILES string of the molecule is O=C(COc1ccccc1Br)N1CCC(CO)CC1. The maximum absolute atomic E-state index is 12.0. The van der Waals surface area contributed by atoms with Crippen molar-refractivity contribution in [2.45, 2.75) is 12.8 Å². The first kappa shape index (κ1) is 14.3. The average Bonchev–Trinajstić information content (AvgIpc) is 2.46. The summed E-state index contributed by atoms with van der Waals surface area (Å²) in [6.45, 7) is 1.70. The number of rotatable bonds is 4. The Morgan fingerprint density at radius 3 is 2.68 bits per heavy atom. The first-order valence-corrected chi connectivity index (χ1v) is 7.26. The van der Waals surface area contributed by atoms with Crippen LogP contribution in [0.1, 0.15) is 12.8 Å². The highest BCUT2D eigenvalue weighted by atomic mass is 79.9. The number of carbonyl (C=O) groups excluding carboxylic acids is 1. The number of hydrogen-bond donors (Lipinski definition) is 1. The molecule has 0 saturated carbocycles. The van der Waals surface area contributed by atoms with Crippen LogP contribution in [0.5, 0.6) is 5.75 Å². The van der Waals surface area contributed by atoms with Gasteiger partial charge in [0.2, 0.25) is 0 Å². The van der Waals surface area contributed by atoms with Gasteiger partial charge in [-0.25, -0.2) is 0 Å². The van der Waals surface area contributed by atoms with Gasteiger partial charge >= 0.3 is 0 Å². The Hall–Kier alpha value is -1.07. The Bertz CT molecular complexity index is 430. The molecule has 1 fully saturated rings. The number of benzene rings is 1. The van der Waals surface area contributed by atoms with Crippen molar-refractivity contribution < 1.29 is 14.6 Å². The van der Waals surface area contributed by atoms with Crippen LogP contribution in [-0.2, 0) is 4.79 Å². The van der Waals surface area contributed by atoms with Gasteiger partial charge in [0.25, 0.3) is 5.91 Å². The second-order valence-electron chi connectivity index (χ2n) is 4.73. The van der Waals surface area contributed by atoms with E-state index < -0.39 is 0 Å². The Morgan fingerprint density at radius 1 is 1.37 bits per heavy atom. The van der Waals surface area contributed by atoms with E-state index in [0.717, 1.165) is 17.3 Å². The number of para-hydroxylation sites is 1. The van der Waals surface area contributed by atoms with Crippen LogP contribution >= 0.6 is 15.9 Å². The minimum atomic E-state index is 0.00661. The van der Waals surface area contributed by atoms with Crippen LogP contribution in [0.15, 0.2) is 28.7 Å². The van der Waals surface area contributed by atoms with Crippen molar-refractivity contribution >= 4 is 21.8 Å². The minimum Gasteiger partial charge on any atom is -0.483 e. The second kappa shape index (κ2) is 6.91. The van der Waals surface area contributed by atoms with E-state index in [1.54, 1.807) is 0 Å². The third-order valence-electron chi connectivity index (χ3n) is 3.41. The predicted molar refractivity (Wildman–Crippen MR) is 76.0 cm³/mol. The molecule has 1 saturated heterocycles. The molecule has 0 atom stereocenters. The van der Waals surface area contributed by atoms with Crippen LogP contribution < -0.4 is 4.74 Å². The monoisotopic (exact) mass is 327 g/mol. The molecule has 5 heteroatoms. The molecule has 0 radical (unpaired) electrons. The molecule has 0 unspecified atom stereocenters. The number of likely N-dealkylation sites (tertiary alicyclic amines) is 1. The number of ether oxygens (including phenoxy) is 1. The van der Waals surface area contributed by atoms with Gasteiger partial charge < -0.3 is 14.7 Å². The lowest BCUT2D eigenvalue weighted by molar-refractivity contribution is -0.135. The Kier molecular flexibility index (Phi) is 5.22. The molecule has 1 aromatic rings. The van der Waals surface area contributed by atoms with E-state index in [0.29, 0.717) is 24.8 Å². The molecular weight excluding hydrogens is 310 g/mol. The van der Waals surface area contributed by atoms with Crippen molar-refractivity contribution in [1.29, 1.82) is 0 Å². The highest BCUT2D eigenvalue weighted by Gasteiger charge is 2.22. The molecule has 1 heterocycles. The largest absolute Gasteiger partial charge is 0.483 e. The van der Waals surface area contributed by atoms with Crippen molar-refractivity contribution in [2.75, 3.05) is 26.3 Å². The maximum Gasteiger partial charge on any atom is 0.260 e. The average molecular weight is 328 g/mol. The predicted octanol–water partition coefficient (Wildman–Crippen LogP) is 2.06. The van der Waals surface area contributed by atoms with Gasteiger partial charge in [-0.3, -0.25) is 4.79 Å². The number of amides is 1. The van der Waals surface area contributed by atoms with Crippen LogP contribution in [0.3, 0.4) is 0 Å². The first-order chi connectivity index (χ1) is 9.20. The van der Waals surface area contributed by atoms with Gasteiger partial charge in [-0.05, 0) is 46.8 Å². The third kappa shape index (κ3) is 3.94. The summed E-state index contributed by atoms with van der Waals surface area (Å²) < 4.78 is 6.37. The Morgan fingerprint density at radius 2 is 2.05 bits per heavy atom. The summed E-state index contributed by atoms with van der Waals surface area (Å²) in [5, 5.41) is 9.07. The van der Waals surface area contributed by atoms with E-state index in [-0.39, 0.29) is 19.1 Å². The molecule has 0 spiro atoms. The molecule has 19 heavy (non-hydrogen) atoms. The van der Waals surface area contributed by atoms with Crippen molar-refractivity contribution in [3.05, 3.63) is 28.7 Å². The maximum atomic E-state index is 12.0. The van der Waals surface area contributed by atoms with E-state index >= 15 is 0 Å². The molecule has 1 aliphatic heterocycles. The van der Waals surface area contributed by atoms with Gasteiger partial charge in [-0.15, -0.1) is 0 Å². The molecular formula is C14H18BrNO3. The van der Waals surface area contributed by atoms with Gasteiger partial charge in [-0.2, -0.15) is 0 Å². The molecule has 1 amide bonds. The highest BCUT2D eigenvalue weighted by molar-refractivity contribution is 9.10. The van der Waals surface area contributed by atoms with E-state index in [1.165, 1.54) is 0 Å². The normalized spacial score (nSPS) is 16.4. The smallest absolute Gasteiger partial charge is 0.260 e. The number of aliphatic hydroxyl groups excluding tert-OH is 1. The summed E-state index contributed by atoms with van der Waals surface area (Å²) in [5.41, 5.74) is 0. The molecule has 1 N–H and O–H groups in total. The quantitative estimate of drug-likeness (QED) is 0.920. The second-order valence-corrected chi connectivity index (χ2v) is 5.58. The standard InChI is InChI=1S/C14H18BrNO3/c15-12-3-1-2-4-13(12)19-10-14(18)16-7-5-11(9-17)6-8-16/h1-4,11,17H,5-10H2. The van der Waals surface area contributed by atoms with Gasteiger partial charge in [0.1, 0.15) is 5.75 Å². The zero-order chi connectivity index (χ0) is 13.7. The van der Waals surface area contributed by atoms with Crippen LogP contribution in [0.2, 0.25) is 0 Å². The lowest BCUT2D eigenvalue weighted by atomic mass is 9.98. The van der Waals surface area contributed by atoms with E-state index in [1.807, 2.05) is 29.2 Å². The lowest BCUT2D eigenvalue weighted by Gasteiger charge is -2.31. The van der Waals surface area contributed by atoms with Gasteiger partial charge in [0, 0.05) is 19.7 Å². The number of halogens is 1. The van der Waals surface area contributed by atoms with E-state index in [4.69, 9.17) is 9.84 Å². The summed E-state index contributed by atoms with van der Waals surface area (Å²) in [6, 6.07) is 7.48. The first-order valence-electron chi connectivity index (χ1n) is 6.46. The van der Waals surface area contributed by atoms with Crippen LogP contribution in [-0.4, -0.2) is 42.2 Å². The molecule has 1 aromatic carbocycles. The summed E-state index contributed by atoms with van der Waals surface area (Å²) >= 11 is 3.38. The zero-order valence-corrected chi connectivity index (χ0v) is 12.3. The fraction of sp³-hybridized carbons (Fsp3) is 0.500. The Labute approximate surface area is 121 Å². The molecule has 2 rings (SSSR count). The number of aliphatic hydroxyl groups is 1. The van der Waals surface area contributed by atoms with Crippen molar-refractivity contribution in [1.82, 2.24) is 4.90 Å². The van der Waals surface area contributed by atoms with Crippen molar-refractivity contribution in [2.24, 2.45) is 5.92 Å². The molecule has 4 nitrogen and oxygen atoms in total. The minimum absolute atomic E-state index is 0.00661. The highest BCUT2D eigenvalue weighted by Crippen LogP contribution is 2.24. The van der Waals surface area contributed by atoms with Crippen molar-refractivity contribution in [3.8, 4) is 5.75 Å². The Balaban J connectivity index is 1.81. The van der Waals surface area contributed by atoms with Crippen LogP contribution in [0.25, 0.3) is 0 Å². The number of carbonyl (C=O) groups is 1. The molecule has 0 aromatic heterocycles. The van der Waals surface area contributed by atoms with Gasteiger partial charge in [0.05, 0.1) is 4.47 Å². The third-order valence-corrected chi connectivity index (χ3v) is 4.07. The van der Waals surface area contributed by atoms with Crippen LogP contribution in [0, 0.1) is 5.92 Å². The molecule has 0 bridgehead atoms. The topological polar surface area (TPSA) is 49.8 Å². The lowest BCUT2D eigenvalue weighted by Crippen LogP contribution is -2.41. The van der Waals surface area contributed by atoms with E-state index in [9.17, 15) is 4.79 Å². The van der Waals surface area contributed by atoms with Crippen molar-refractivity contribution in [3.63, 3.8) is 0 Å². The molecule has 0 aliphatic carbocycles. The fourth-order valence-electron chi connectivity index (χ4n) is 2.16. The summed E-state index contributed by atoms with van der Waals surface area (Å²) in [5.74, 6) is 1.03. The number of hydrogen-bond acceptors (Lipinski definition) is 3. The van der Waals surface area contributed by atoms with Gasteiger partial charge in [0.15, 0.2) is 6.61 Å².